The molecule has 0 saturated carbocycles. The fraction of sp³-hybridized carbons (Fsp3) is 0.0244. The Morgan fingerprint density at radius 3 is 1.95 bits per heavy atom. The van der Waals surface area contributed by atoms with Crippen molar-refractivity contribution in [2.45, 2.75) is 6.92 Å². The van der Waals surface area contributed by atoms with Gasteiger partial charge in [-0.15, -0.1) is 0 Å². The summed E-state index contributed by atoms with van der Waals surface area (Å²) < 4.78 is 4.81. The van der Waals surface area contributed by atoms with E-state index < -0.39 is 0 Å². The van der Waals surface area contributed by atoms with Crippen LogP contribution in [-0.2, 0) is 0 Å². The maximum absolute atomic E-state index is 4.32. The number of nitrogens with zero attached hydrogens (tertiary/aromatic N) is 2. The number of allylic oxidation sites excluding steroid dienone is 1. The topological polar surface area (TPSA) is 9.86 Å². The Balaban J connectivity index is 1.47. The van der Waals surface area contributed by atoms with Crippen molar-refractivity contribution in [3.8, 4) is 22.5 Å². The van der Waals surface area contributed by atoms with E-state index in [0.717, 1.165) is 16.9 Å². The zero-order valence-corrected chi connectivity index (χ0v) is 24.0. The van der Waals surface area contributed by atoms with Gasteiger partial charge in [0.15, 0.2) is 0 Å². The molecule has 8 rings (SSSR count). The Labute approximate surface area is 251 Å². The number of aromatic nitrogens is 2. The number of rotatable bonds is 5. The minimum absolute atomic E-state index is 1.13. The van der Waals surface area contributed by atoms with Crippen LogP contribution in [0.3, 0.4) is 0 Å². The fourth-order valence-electron chi connectivity index (χ4n) is 6.79. The quantitative estimate of drug-likeness (QED) is 0.202. The summed E-state index contributed by atoms with van der Waals surface area (Å²) in [5, 5.41) is 6.19. The van der Waals surface area contributed by atoms with Gasteiger partial charge in [-0.2, -0.15) is 0 Å². The zero-order valence-electron chi connectivity index (χ0n) is 24.0. The van der Waals surface area contributed by atoms with E-state index in [1.54, 1.807) is 0 Å². The van der Waals surface area contributed by atoms with Crippen molar-refractivity contribution in [3.05, 3.63) is 157 Å². The average molecular weight is 551 g/mol. The van der Waals surface area contributed by atoms with Gasteiger partial charge in [0.05, 0.1) is 27.9 Å². The van der Waals surface area contributed by atoms with Gasteiger partial charge < -0.3 is 9.13 Å². The molecule has 0 aliphatic heterocycles. The molecule has 0 aliphatic rings. The summed E-state index contributed by atoms with van der Waals surface area (Å²) in [5.41, 5.74) is 10.6. The molecule has 0 atom stereocenters. The van der Waals surface area contributed by atoms with Gasteiger partial charge in [-0.3, -0.25) is 0 Å². The first-order valence-electron chi connectivity index (χ1n) is 14.8. The predicted molar refractivity (Wildman–Crippen MR) is 185 cm³/mol. The van der Waals surface area contributed by atoms with Crippen molar-refractivity contribution < 1.29 is 0 Å². The van der Waals surface area contributed by atoms with Crippen molar-refractivity contribution in [3.63, 3.8) is 0 Å². The van der Waals surface area contributed by atoms with Crippen LogP contribution in [0.2, 0.25) is 0 Å². The van der Waals surface area contributed by atoms with Gasteiger partial charge >= 0.3 is 0 Å². The lowest BCUT2D eigenvalue weighted by atomic mass is 10.0. The van der Waals surface area contributed by atoms with Crippen molar-refractivity contribution in [1.82, 2.24) is 9.13 Å². The predicted octanol–water partition coefficient (Wildman–Crippen LogP) is 11.2. The van der Waals surface area contributed by atoms with E-state index in [9.17, 15) is 0 Å². The molecule has 2 nitrogen and oxygen atoms in total. The lowest BCUT2D eigenvalue weighted by Crippen LogP contribution is -1.97. The standard InChI is InChI=1S/C41H30N2/c1-3-13-35-32(4-2)40-38(42(35)31-24-22-29(23-25-31)28-14-6-5-7-15-28)26-27-39-41(40)34-19-10-11-20-37(34)43(39)36-21-12-17-30-16-8-9-18-33(30)36/h3-27H,2H2,1H3/b13-3-. The Morgan fingerprint density at radius 2 is 1.19 bits per heavy atom. The minimum Gasteiger partial charge on any atom is -0.309 e. The molecule has 0 bridgehead atoms. The molecular weight excluding hydrogens is 520 g/mol. The molecule has 0 spiro atoms. The van der Waals surface area contributed by atoms with Crippen LogP contribution in [-0.4, -0.2) is 9.13 Å². The first-order chi connectivity index (χ1) is 21.3. The minimum atomic E-state index is 1.13. The third kappa shape index (κ3) is 3.80. The molecule has 0 radical (unpaired) electrons. The number of para-hydroxylation sites is 1. The number of benzene rings is 6. The van der Waals surface area contributed by atoms with Crippen molar-refractivity contribution in [2.24, 2.45) is 0 Å². The van der Waals surface area contributed by atoms with Gasteiger partial charge in [0, 0.05) is 32.8 Å². The molecule has 2 heteroatoms. The third-order valence-corrected chi connectivity index (χ3v) is 8.61. The second-order valence-electron chi connectivity index (χ2n) is 11.0. The van der Waals surface area contributed by atoms with Crippen LogP contribution in [0.25, 0.3) is 78.1 Å². The Bertz CT molecular complexity index is 2340. The maximum Gasteiger partial charge on any atom is 0.0549 e. The summed E-state index contributed by atoms with van der Waals surface area (Å²) in [6, 6.07) is 48.0. The highest BCUT2D eigenvalue weighted by Gasteiger charge is 2.22. The highest BCUT2D eigenvalue weighted by Crippen LogP contribution is 2.43. The largest absolute Gasteiger partial charge is 0.309 e. The monoisotopic (exact) mass is 550 g/mol. The van der Waals surface area contributed by atoms with Crippen molar-refractivity contribution in [1.29, 1.82) is 0 Å². The maximum atomic E-state index is 4.32. The van der Waals surface area contributed by atoms with Crippen LogP contribution in [0, 0.1) is 0 Å². The molecule has 0 saturated heterocycles. The SMILES string of the molecule is C=Cc1c(/C=C\C)n(-c2ccc(-c3ccccc3)cc2)c2ccc3c(c4ccccc4n3-c3cccc4ccccc34)c12. The molecule has 0 amide bonds. The van der Waals surface area contributed by atoms with Gasteiger partial charge in [0.25, 0.3) is 0 Å². The van der Waals surface area contributed by atoms with Gasteiger partial charge in [-0.1, -0.05) is 116 Å². The zero-order chi connectivity index (χ0) is 28.9. The third-order valence-electron chi connectivity index (χ3n) is 8.61. The van der Waals surface area contributed by atoms with Gasteiger partial charge in [-0.05, 0) is 65.9 Å². The number of fused-ring (bicyclic) bond motifs is 6. The van der Waals surface area contributed by atoms with Crippen LogP contribution >= 0.6 is 0 Å². The molecule has 0 unspecified atom stereocenters. The summed E-state index contributed by atoms with van der Waals surface area (Å²) in [5.74, 6) is 0. The van der Waals surface area contributed by atoms with Crippen LogP contribution in [0.1, 0.15) is 18.2 Å². The first-order valence-corrected chi connectivity index (χ1v) is 14.8. The smallest absolute Gasteiger partial charge is 0.0549 e. The lowest BCUT2D eigenvalue weighted by Gasteiger charge is -2.12. The molecule has 8 aromatic rings. The molecular formula is C41H30N2. The number of hydrogen-bond donors (Lipinski definition) is 0. The van der Waals surface area contributed by atoms with E-state index in [2.05, 4.69) is 168 Å². The first kappa shape index (κ1) is 25.1. The highest BCUT2D eigenvalue weighted by molar-refractivity contribution is 6.24. The summed E-state index contributed by atoms with van der Waals surface area (Å²) in [7, 11) is 0. The normalized spacial score (nSPS) is 11.8. The van der Waals surface area contributed by atoms with Crippen LogP contribution in [0.4, 0.5) is 0 Å². The van der Waals surface area contributed by atoms with Crippen LogP contribution in [0.5, 0.6) is 0 Å². The van der Waals surface area contributed by atoms with E-state index in [-0.39, 0.29) is 0 Å². The van der Waals surface area contributed by atoms with E-state index in [1.807, 2.05) is 6.08 Å². The fourth-order valence-corrected chi connectivity index (χ4v) is 6.79. The molecule has 2 aromatic heterocycles. The second kappa shape index (κ2) is 10.0. The average Bonchev–Trinajstić information content (AvgIpc) is 3.57. The molecule has 43 heavy (non-hydrogen) atoms. The van der Waals surface area contributed by atoms with Crippen molar-refractivity contribution in [2.75, 3.05) is 0 Å². The molecule has 0 fully saturated rings. The molecule has 0 N–H and O–H groups in total. The van der Waals surface area contributed by atoms with Crippen LogP contribution < -0.4 is 0 Å². The van der Waals surface area contributed by atoms with Gasteiger partial charge in [0.1, 0.15) is 0 Å². The summed E-state index contributed by atoms with van der Waals surface area (Å²) in [6.45, 7) is 6.40. The van der Waals surface area contributed by atoms with Crippen LogP contribution in [0.15, 0.2) is 146 Å². The van der Waals surface area contributed by atoms with Gasteiger partial charge in [-0.25, -0.2) is 0 Å². The van der Waals surface area contributed by atoms with Gasteiger partial charge in [0.2, 0.25) is 0 Å². The molecule has 0 aliphatic carbocycles. The van der Waals surface area contributed by atoms with Crippen molar-refractivity contribution >= 4 is 55.6 Å². The summed E-state index contributed by atoms with van der Waals surface area (Å²) in [4.78, 5) is 0. The summed E-state index contributed by atoms with van der Waals surface area (Å²) in [6.07, 6.45) is 6.35. The molecule has 204 valence electrons. The van der Waals surface area contributed by atoms with E-state index in [1.165, 1.54) is 60.3 Å². The number of hydrogen-bond acceptors (Lipinski definition) is 0. The van der Waals surface area contributed by atoms with E-state index in [4.69, 9.17) is 0 Å². The Morgan fingerprint density at radius 1 is 0.535 bits per heavy atom. The molecule has 2 heterocycles. The Kier molecular flexibility index (Phi) is 5.87. The van der Waals surface area contributed by atoms with E-state index >= 15 is 0 Å². The summed E-state index contributed by atoms with van der Waals surface area (Å²) >= 11 is 0. The second-order valence-corrected chi connectivity index (χ2v) is 11.0. The highest BCUT2D eigenvalue weighted by atomic mass is 15.0. The van der Waals surface area contributed by atoms with E-state index in [0.29, 0.717) is 0 Å². The lowest BCUT2D eigenvalue weighted by molar-refractivity contribution is 1.10. The molecule has 6 aromatic carbocycles. The Hall–Kier alpha value is -5.60.